The van der Waals surface area contributed by atoms with Crippen LogP contribution in [0.2, 0.25) is 0 Å². The predicted octanol–water partition coefficient (Wildman–Crippen LogP) is 5.48. The van der Waals surface area contributed by atoms with Crippen LogP contribution in [0.3, 0.4) is 0 Å². The maximum absolute atomic E-state index is 9.86. The van der Waals surface area contributed by atoms with Crippen LogP contribution in [-0.2, 0) is 0 Å². The van der Waals surface area contributed by atoms with Crippen molar-refractivity contribution in [3.63, 3.8) is 0 Å². The molecule has 0 spiro atoms. The number of hydrogen-bond donors (Lipinski definition) is 0. The Labute approximate surface area is 137 Å². The summed E-state index contributed by atoms with van der Waals surface area (Å²) in [6.45, 7) is 2.08. The van der Waals surface area contributed by atoms with Crippen LogP contribution in [0.5, 0.6) is 0 Å². The molecule has 1 heteroatoms. The van der Waals surface area contributed by atoms with Crippen molar-refractivity contribution in [1.82, 2.24) is 0 Å². The fourth-order valence-electron chi connectivity index (χ4n) is 2.76. The van der Waals surface area contributed by atoms with Gasteiger partial charge in [-0.3, -0.25) is 0 Å². The molecule has 0 unspecified atom stereocenters. The maximum atomic E-state index is 9.86. The zero-order chi connectivity index (χ0) is 16.1. The molecule has 3 aromatic rings. The van der Waals surface area contributed by atoms with E-state index in [4.69, 9.17) is 0 Å². The van der Waals surface area contributed by atoms with Crippen molar-refractivity contribution in [2.75, 3.05) is 0 Å². The van der Waals surface area contributed by atoms with Gasteiger partial charge in [-0.15, -0.1) is 0 Å². The van der Waals surface area contributed by atoms with Gasteiger partial charge in [-0.25, -0.2) is 0 Å². The molecule has 0 aromatic heterocycles. The molecule has 0 saturated heterocycles. The van der Waals surface area contributed by atoms with Gasteiger partial charge in [0.25, 0.3) is 0 Å². The smallest absolute Gasteiger partial charge is 0.100 e. The Bertz CT molecular complexity index is 869. The van der Waals surface area contributed by atoms with Crippen LogP contribution in [-0.4, -0.2) is 0 Å². The second kappa shape index (κ2) is 6.77. The monoisotopic (exact) mass is 295 g/mol. The molecule has 0 aliphatic rings. The summed E-state index contributed by atoms with van der Waals surface area (Å²) in [5.74, 6) is 0. The van der Waals surface area contributed by atoms with Gasteiger partial charge in [-0.05, 0) is 29.2 Å². The third-order valence-electron chi connectivity index (χ3n) is 3.90. The number of allylic oxidation sites excluding steroid dienone is 1. The number of hydrogen-bond acceptors (Lipinski definition) is 1. The Hall–Kier alpha value is -3.11. The van der Waals surface area contributed by atoms with Crippen molar-refractivity contribution in [2.45, 2.75) is 6.92 Å². The van der Waals surface area contributed by atoms with E-state index >= 15 is 0 Å². The summed E-state index contributed by atoms with van der Waals surface area (Å²) >= 11 is 0. The van der Waals surface area contributed by atoms with Crippen molar-refractivity contribution < 1.29 is 0 Å². The van der Waals surface area contributed by atoms with E-state index in [9.17, 15) is 5.26 Å². The molecule has 0 atom stereocenters. The van der Waals surface area contributed by atoms with Crippen molar-refractivity contribution in [3.05, 3.63) is 107 Å². The Balaban J connectivity index is 2.35. The van der Waals surface area contributed by atoms with Crippen molar-refractivity contribution >= 4 is 11.1 Å². The van der Waals surface area contributed by atoms with E-state index in [0.717, 1.165) is 27.8 Å². The summed E-state index contributed by atoms with van der Waals surface area (Å²) in [7, 11) is 0. The van der Waals surface area contributed by atoms with Gasteiger partial charge in [-0.2, -0.15) is 5.26 Å². The first-order valence-corrected chi connectivity index (χ1v) is 7.62. The van der Waals surface area contributed by atoms with Crippen LogP contribution in [0.4, 0.5) is 0 Å². The summed E-state index contributed by atoms with van der Waals surface area (Å²) < 4.78 is 0. The molecular weight excluding hydrogens is 278 g/mol. The van der Waals surface area contributed by atoms with Crippen molar-refractivity contribution in [1.29, 1.82) is 5.26 Å². The fourth-order valence-corrected chi connectivity index (χ4v) is 2.76. The van der Waals surface area contributed by atoms with Crippen LogP contribution >= 0.6 is 0 Å². The first kappa shape index (κ1) is 14.8. The van der Waals surface area contributed by atoms with Crippen LogP contribution in [0, 0.1) is 18.3 Å². The molecule has 0 saturated carbocycles. The van der Waals surface area contributed by atoms with E-state index in [0.29, 0.717) is 5.57 Å². The number of nitriles is 1. The average molecular weight is 295 g/mol. The predicted molar refractivity (Wildman–Crippen MR) is 95.6 cm³/mol. The van der Waals surface area contributed by atoms with E-state index in [1.807, 2.05) is 60.7 Å². The summed E-state index contributed by atoms with van der Waals surface area (Å²) in [6.07, 6.45) is 0. The van der Waals surface area contributed by atoms with Gasteiger partial charge in [0.2, 0.25) is 0 Å². The van der Waals surface area contributed by atoms with Gasteiger partial charge in [-0.1, -0.05) is 84.9 Å². The molecular formula is C22H17N. The van der Waals surface area contributed by atoms with Crippen LogP contribution < -0.4 is 0 Å². The number of benzene rings is 3. The van der Waals surface area contributed by atoms with Crippen LogP contribution in [0.25, 0.3) is 11.1 Å². The van der Waals surface area contributed by atoms with Crippen molar-refractivity contribution in [3.8, 4) is 6.07 Å². The normalized spacial score (nSPS) is 11.5. The molecule has 0 amide bonds. The average Bonchev–Trinajstić information content (AvgIpc) is 2.62. The summed E-state index contributed by atoms with van der Waals surface area (Å²) in [6, 6.07) is 30.6. The molecule has 0 heterocycles. The molecule has 0 bridgehead atoms. The Morgan fingerprint density at radius 3 is 1.78 bits per heavy atom. The van der Waals surface area contributed by atoms with E-state index in [1.165, 1.54) is 0 Å². The molecule has 3 rings (SSSR count). The lowest BCUT2D eigenvalue weighted by atomic mass is 9.88. The summed E-state index contributed by atoms with van der Waals surface area (Å²) in [5.41, 5.74) is 5.94. The van der Waals surface area contributed by atoms with Gasteiger partial charge < -0.3 is 0 Å². The number of nitrogens with zero attached hydrogens (tertiary/aromatic N) is 1. The molecule has 0 aliphatic heterocycles. The van der Waals surface area contributed by atoms with Gasteiger partial charge in [0.05, 0.1) is 5.57 Å². The lowest BCUT2D eigenvalue weighted by Gasteiger charge is -2.14. The second-order valence-electron chi connectivity index (χ2n) is 5.41. The van der Waals surface area contributed by atoms with Gasteiger partial charge in [0, 0.05) is 5.57 Å². The largest absolute Gasteiger partial charge is 0.192 e. The van der Waals surface area contributed by atoms with E-state index < -0.39 is 0 Å². The third kappa shape index (κ3) is 3.07. The number of aryl methyl sites for hydroxylation is 1. The molecule has 0 aliphatic carbocycles. The Morgan fingerprint density at radius 1 is 0.696 bits per heavy atom. The zero-order valence-electron chi connectivity index (χ0n) is 13.0. The Kier molecular flexibility index (Phi) is 4.36. The molecule has 23 heavy (non-hydrogen) atoms. The fraction of sp³-hybridized carbons (Fsp3) is 0.0455. The summed E-state index contributed by atoms with van der Waals surface area (Å²) in [5, 5.41) is 9.86. The quantitative estimate of drug-likeness (QED) is 0.464. The minimum Gasteiger partial charge on any atom is -0.192 e. The zero-order valence-corrected chi connectivity index (χ0v) is 13.0. The van der Waals surface area contributed by atoms with E-state index in [2.05, 4.69) is 37.3 Å². The van der Waals surface area contributed by atoms with E-state index in [1.54, 1.807) is 0 Å². The lowest BCUT2D eigenvalue weighted by Crippen LogP contribution is -1.96. The SMILES string of the molecule is Cc1ccccc1/C(=C(\C#N)c1ccccc1)c1ccccc1. The highest BCUT2D eigenvalue weighted by Gasteiger charge is 2.15. The number of rotatable bonds is 3. The van der Waals surface area contributed by atoms with Crippen LogP contribution in [0.1, 0.15) is 22.3 Å². The first-order chi connectivity index (χ1) is 11.3. The molecule has 0 fully saturated rings. The van der Waals surface area contributed by atoms with Crippen molar-refractivity contribution in [2.24, 2.45) is 0 Å². The van der Waals surface area contributed by atoms with Gasteiger partial charge >= 0.3 is 0 Å². The standard InChI is InChI=1S/C22H17N/c1-17-10-8-9-15-20(17)22(19-13-6-3-7-14-19)21(16-23)18-11-4-2-5-12-18/h2-15H,1H3/b22-21+. The lowest BCUT2D eigenvalue weighted by molar-refractivity contribution is 1.41. The molecule has 110 valence electrons. The van der Waals surface area contributed by atoms with Crippen LogP contribution in [0.15, 0.2) is 84.9 Å². The Morgan fingerprint density at radius 2 is 1.22 bits per heavy atom. The van der Waals surface area contributed by atoms with Gasteiger partial charge in [0.15, 0.2) is 0 Å². The van der Waals surface area contributed by atoms with E-state index in [-0.39, 0.29) is 0 Å². The maximum Gasteiger partial charge on any atom is 0.100 e. The van der Waals surface area contributed by atoms with Gasteiger partial charge in [0.1, 0.15) is 6.07 Å². The second-order valence-corrected chi connectivity index (χ2v) is 5.41. The topological polar surface area (TPSA) is 23.8 Å². The molecule has 0 N–H and O–H groups in total. The molecule has 0 radical (unpaired) electrons. The highest BCUT2D eigenvalue weighted by Crippen LogP contribution is 2.33. The minimum absolute atomic E-state index is 0.700. The highest BCUT2D eigenvalue weighted by molar-refractivity contribution is 6.04. The summed E-state index contributed by atoms with van der Waals surface area (Å²) in [4.78, 5) is 0. The minimum atomic E-state index is 0.700. The first-order valence-electron chi connectivity index (χ1n) is 7.62. The highest BCUT2D eigenvalue weighted by atomic mass is 14.3. The third-order valence-corrected chi connectivity index (χ3v) is 3.90. The molecule has 1 nitrogen and oxygen atoms in total. The molecule has 3 aromatic carbocycles.